The molecule has 0 unspecified atom stereocenters. The molecule has 1 N–H and O–H groups in total. The number of rotatable bonds is 6. The van der Waals surface area contributed by atoms with Gasteiger partial charge in [0.2, 0.25) is 5.76 Å². The average molecular weight is 298 g/mol. The van der Waals surface area contributed by atoms with Gasteiger partial charge >= 0.3 is 5.97 Å². The van der Waals surface area contributed by atoms with E-state index >= 15 is 0 Å². The summed E-state index contributed by atoms with van der Waals surface area (Å²) in [5.41, 5.74) is 0. The number of aliphatic hydroxyl groups is 1. The van der Waals surface area contributed by atoms with Gasteiger partial charge in [0.25, 0.3) is 0 Å². The Bertz CT molecular complexity index is 633. The van der Waals surface area contributed by atoms with Crippen LogP contribution in [0.25, 0.3) is 0 Å². The highest BCUT2D eigenvalue weighted by atomic mass is 16.6. The number of hydrogen-bond acceptors (Lipinski definition) is 4. The maximum atomic E-state index is 12.0. The number of benzene rings is 2. The van der Waals surface area contributed by atoms with Crippen molar-refractivity contribution in [1.29, 1.82) is 0 Å². The molecule has 0 aromatic heterocycles. The van der Waals surface area contributed by atoms with E-state index in [9.17, 15) is 9.90 Å². The van der Waals surface area contributed by atoms with Crippen LogP contribution in [0.3, 0.4) is 0 Å². The number of carbonyl (C=O) groups excluding carboxylic acids is 1. The summed E-state index contributed by atoms with van der Waals surface area (Å²) >= 11 is 0. The van der Waals surface area contributed by atoms with Crippen LogP contribution >= 0.6 is 0 Å². The Morgan fingerprint density at radius 3 is 1.91 bits per heavy atom. The summed E-state index contributed by atoms with van der Waals surface area (Å²) in [7, 11) is 0. The van der Waals surface area contributed by atoms with Crippen LogP contribution < -0.4 is 9.47 Å². The normalized spacial score (nSPS) is 11.5. The number of para-hydroxylation sites is 2. The van der Waals surface area contributed by atoms with Crippen molar-refractivity contribution >= 4 is 5.97 Å². The molecule has 2 aromatic rings. The fourth-order valence-electron chi connectivity index (χ4n) is 1.83. The highest BCUT2D eigenvalue weighted by Gasteiger charge is 2.18. The van der Waals surface area contributed by atoms with Crippen LogP contribution in [-0.2, 0) is 4.79 Å². The topological polar surface area (TPSA) is 55.8 Å². The Labute approximate surface area is 129 Å². The zero-order valence-electron chi connectivity index (χ0n) is 12.4. The molecule has 0 aliphatic carbocycles. The SMILES string of the molecule is CCCC(Oc1ccccc1)=C(O)C(=O)Oc1ccccc1. The summed E-state index contributed by atoms with van der Waals surface area (Å²) in [6.45, 7) is 1.93. The first-order valence-corrected chi connectivity index (χ1v) is 7.13. The first-order chi connectivity index (χ1) is 10.7. The molecule has 0 radical (unpaired) electrons. The Hall–Kier alpha value is -2.75. The van der Waals surface area contributed by atoms with Crippen LogP contribution in [0.1, 0.15) is 19.8 Å². The minimum atomic E-state index is -0.828. The molecule has 0 amide bonds. The smallest absolute Gasteiger partial charge is 0.382 e. The first-order valence-electron chi connectivity index (χ1n) is 7.13. The average Bonchev–Trinajstić information content (AvgIpc) is 2.55. The molecular formula is C18H18O4. The summed E-state index contributed by atoms with van der Waals surface area (Å²) in [6, 6.07) is 17.6. The van der Waals surface area contributed by atoms with E-state index < -0.39 is 11.7 Å². The van der Waals surface area contributed by atoms with Crippen LogP contribution in [-0.4, -0.2) is 11.1 Å². The predicted molar refractivity (Wildman–Crippen MR) is 83.7 cm³/mol. The first kappa shape index (κ1) is 15.6. The van der Waals surface area contributed by atoms with Gasteiger partial charge in [-0.15, -0.1) is 0 Å². The van der Waals surface area contributed by atoms with Crippen LogP contribution in [0.4, 0.5) is 0 Å². The Morgan fingerprint density at radius 1 is 0.909 bits per heavy atom. The lowest BCUT2D eigenvalue weighted by Gasteiger charge is -2.11. The molecule has 0 spiro atoms. The molecule has 0 saturated heterocycles. The monoisotopic (exact) mass is 298 g/mol. The number of ether oxygens (including phenoxy) is 2. The van der Waals surface area contributed by atoms with Gasteiger partial charge < -0.3 is 14.6 Å². The van der Waals surface area contributed by atoms with Gasteiger partial charge in [0.05, 0.1) is 0 Å². The molecule has 0 saturated carbocycles. The van der Waals surface area contributed by atoms with Gasteiger partial charge in [0.15, 0.2) is 5.76 Å². The van der Waals surface area contributed by atoms with Crippen molar-refractivity contribution in [1.82, 2.24) is 0 Å². The summed E-state index contributed by atoms with van der Waals surface area (Å²) in [6.07, 6.45) is 1.16. The van der Waals surface area contributed by atoms with E-state index in [1.807, 2.05) is 31.2 Å². The molecule has 2 rings (SSSR count). The highest BCUT2D eigenvalue weighted by Crippen LogP contribution is 2.19. The van der Waals surface area contributed by atoms with Crippen LogP contribution in [0.15, 0.2) is 72.2 Å². The maximum absolute atomic E-state index is 12.0. The van der Waals surface area contributed by atoms with Crippen molar-refractivity contribution < 1.29 is 19.4 Å². The number of allylic oxidation sites excluding steroid dienone is 1. The molecule has 114 valence electrons. The molecule has 0 heterocycles. The summed E-state index contributed by atoms with van der Waals surface area (Å²) in [4.78, 5) is 12.0. The summed E-state index contributed by atoms with van der Waals surface area (Å²) in [5.74, 6) is -0.200. The lowest BCUT2D eigenvalue weighted by atomic mass is 10.2. The van der Waals surface area contributed by atoms with E-state index in [1.54, 1.807) is 36.4 Å². The number of aliphatic hydroxyl groups excluding tert-OH is 1. The Kier molecular flexibility index (Phi) is 5.60. The molecule has 0 bridgehead atoms. The lowest BCUT2D eigenvalue weighted by Crippen LogP contribution is -2.15. The standard InChI is InChI=1S/C18H18O4/c1-2-9-16(21-14-10-5-3-6-11-14)17(19)18(20)22-15-12-7-4-8-13-15/h3-8,10-13,19H,2,9H2,1H3. The van der Waals surface area contributed by atoms with E-state index in [1.165, 1.54) is 0 Å². The van der Waals surface area contributed by atoms with Gasteiger partial charge in [0, 0.05) is 6.42 Å². The molecule has 0 aliphatic rings. The zero-order valence-corrected chi connectivity index (χ0v) is 12.4. The van der Waals surface area contributed by atoms with Crippen molar-refractivity contribution in [3.63, 3.8) is 0 Å². The van der Waals surface area contributed by atoms with E-state index in [2.05, 4.69) is 0 Å². The molecule has 0 atom stereocenters. The van der Waals surface area contributed by atoms with E-state index in [-0.39, 0.29) is 5.76 Å². The second kappa shape index (κ2) is 7.88. The third kappa shape index (κ3) is 4.38. The Morgan fingerprint density at radius 2 is 1.41 bits per heavy atom. The minimum Gasteiger partial charge on any atom is -0.499 e. The summed E-state index contributed by atoms with van der Waals surface area (Å²) in [5, 5.41) is 10.1. The molecule has 4 heteroatoms. The molecule has 2 aromatic carbocycles. The van der Waals surface area contributed by atoms with Crippen molar-refractivity contribution in [3.05, 3.63) is 72.2 Å². The van der Waals surface area contributed by atoms with Crippen LogP contribution in [0, 0.1) is 0 Å². The fraction of sp³-hybridized carbons (Fsp3) is 0.167. The lowest BCUT2D eigenvalue weighted by molar-refractivity contribution is -0.133. The van der Waals surface area contributed by atoms with E-state index in [0.29, 0.717) is 17.9 Å². The largest absolute Gasteiger partial charge is 0.499 e. The van der Waals surface area contributed by atoms with Gasteiger partial charge in [-0.2, -0.15) is 0 Å². The van der Waals surface area contributed by atoms with E-state index in [4.69, 9.17) is 9.47 Å². The second-order valence-corrected chi connectivity index (χ2v) is 4.64. The van der Waals surface area contributed by atoms with Gasteiger partial charge in [-0.1, -0.05) is 43.3 Å². The maximum Gasteiger partial charge on any atom is 0.382 e. The number of carbonyl (C=O) groups is 1. The highest BCUT2D eigenvalue weighted by molar-refractivity contribution is 5.88. The Balaban J connectivity index is 2.16. The van der Waals surface area contributed by atoms with Gasteiger partial charge in [-0.25, -0.2) is 4.79 Å². The minimum absolute atomic E-state index is 0.203. The number of esters is 1. The zero-order chi connectivity index (χ0) is 15.8. The quantitative estimate of drug-likeness (QED) is 0.375. The van der Waals surface area contributed by atoms with Crippen molar-refractivity contribution in [2.45, 2.75) is 19.8 Å². The van der Waals surface area contributed by atoms with Crippen LogP contribution in [0.2, 0.25) is 0 Å². The molecule has 4 nitrogen and oxygen atoms in total. The summed E-state index contributed by atoms with van der Waals surface area (Å²) < 4.78 is 10.7. The third-order valence-corrected chi connectivity index (χ3v) is 2.87. The van der Waals surface area contributed by atoms with Gasteiger partial charge in [0.1, 0.15) is 11.5 Å². The third-order valence-electron chi connectivity index (χ3n) is 2.87. The van der Waals surface area contributed by atoms with Crippen molar-refractivity contribution in [2.75, 3.05) is 0 Å². The fourth-order valence-corrected chi connectivity index (χ4v) is 1.83. The predicted octanol–water partition coefficient (Wildman–Crippen LogP) is 4.24. The molecule has 22 heavy (non-hydrogen) atoms. The molecule has 0 fully saturated rings. The van der Waals surface area contributed by atoms with Crippen molar-refractivity contribution in [3.8, 4) is 11.5 Å². The molecule has 0 aliphatic heterocycles. The van der Waals surface area contributed by atoms with E-state index in [0.717, 1.165) is 6.42 Å². The van der Waals surface area contributed by atoms with Gasteiger partial charge in [-0.05, 0) is 30.7 Å². The van der Waals surface area contributed by atoms with Crippen LogP contribution in [0.5, 0.6) is 11.5 Å². The van der Waals surface area contributed by atoms with Crippen molar-refractivity contribution in [2.24, 2.45) is 0 Å². The molecular weight excluding hydrogens is 280 g/mol. The second-order valence-electron chi connectivity index (χ2n) is 4.64. The number of hydrogen-bond donors (Lipinski definition) is 1. The van der Waals surface area contributed by atoms with Gasteiger partial charge in [-0.3, -0.25) is 0 Å².